The number of aliphatic hydroxyl groups excluding tert-OH is 1. The van der Waals surface area contributed by atoms with E-state index < -0.39 is 30.1 Å². The number of nitrogens with zero attached hydrogens (tertiary/aromatic N) is 1. The van der Waals surface area contributed by atoms with Gasteiger partial charge in [-0.15, -0.1) is 0 Å². The van der Waals surface area contributed by atoms with Gasteiger partial charge in [-0.05, 0) is 31.2 Å². The van der Waals surface area contributed by atoms with Crippen LogP contribution in [0.25, 0.3) is 0 Å². The van der Waals surface area contributed by atoms with Crippen LogP contribution in [0.2, 0.25) is 0 Å². The maximum atomic E-state index is 12.8. The number of hydrogen-bond acceptors (Lipinski definition) is 5. The topological polar surface area (TPSA) is 108 Å². The molecule has 0 heterocycles. The van der Waals surface area contributed by atoms with Gasteiger partial charge >= 0.3 is 6.09 Å². The molecule has 1 fully saturated rings. The molecule has 1 aromatic carbocycles. The molecule has 190 valence electrons. The molecule has 3 amide bonds. The smallest absolute Gasteiger partial charge is 0.410 e. The average molecular weight is 476 g/mol. The van der Waals surface area contributed by atoms with Crippen LogP contribution in [-0.2, 0) is 20.9 Å². The lowest BCUT2D eigenvalue weighted by molar-refractivity contribution is -0.133. The fraction of sp³-hybridized carbons (Fsp3) is 0.654. The Morgan fingerprint density at radius 3 is 2.44 bits per heavy atom. The molecule has 8 heteroatoms. The summed E-state index contributed by atoms with van der Waals surface area (Å²) < 4.78 is 5.38. The van der Waals surface area contributed by atoms with Gasteiger partial charge in [0.15, 0.2) is 6.10 Å². The number of nitrogens with one attached hydrogen (secondary N) is 2. The Kier molecular flexibility index (Phi) is 12.5. The van der Waals surface area contributed by atoms with Crippen LogP contribution in [0.3, 0.4) is 0 Å². The van der Waals surface area contributed by atoms with Gasteiger partial charge in [-0.2, -0.15) is 0 Å². The number of carbonyl (C=O) groups excluding carboxylic acids is 3. The Balaban J connectivity index is 1.92. The van der Waals surface area contributed by atoms with Crippen LogP contribution in [0.15, 0.2) is 30.3 Å². The highest BCUT2D eigenvalue weighted by atomic mass is 16.6. The number of rotatable bonds is 13. The second-order valence-electron chi connectivity index (χ2n) is 9.07. The molecule has 1 saturated carbocycles. The van der Waals surface area contributed by atoms with Crippen LogP contribution >= 0.6 is 0 Å². The van der Waals surface area contributed by atoms with Crippen molar-refractivity contribution in [1.82, 2.24) is 15.5 Å². The Hall–Kier alpha value is -2.61. The van der Waals surface area contributed by atoms with Crippen LogP contribution in [0.5, 0.6) is 0 Å². The minimum atomic E-state index is -1.33. The van der Waals surface area contributed by atoms with Gasteiger partial charge in [0.2, 0.25) is 5.91 Å². The minimum Gasteiger partial charge on any atom is -0.445 e. The van der Waals surface area contributed by atoms with Gasteiger partial charge in [0.05, 0.1) is 6.04 Å². The highest BCUT2D eigenvalue weighted by Gasteiger charge is 2.30. The summed E-state index contributed by atoms with van der Waals surface area (Å²) in [7, 11) is 0. The average Bonchev–Trinajstić information content (AvgIpc) is 2.85. The first kappa shape index (κ1) is 27.6. The van der Waals surface area contributed by atoms with Crippen molar-refractivity contribution in [1.29, 1.82) is 0 Å². The lowest BCUT2D eigenvalue weighted by atomic mass is 9.95. The Morgan fingerprint density at radius 2 is 1.79 bits per heavy atom. The molecular formula is C26H41N3O5. The van der Waals surface area contributed by atoms with E-state index in [-0.39, 0.29) is 19.2 Å². The molecular weight excluding hydrogens is 434 g/mol. The van der Waals surface area contributed by atoms with E-state index in [0.29, 0.717) is 19.4 Å². The summed E-state index contributed by atoms with van der Waals surface area (Å²) in [6.07, 6.45) is 6.04. The van der Waals surface area contributed by atoms with Crippen molar-refractivity contribution < 1.29 is 24.2 Å². The van der Waals surface area contributed by atoms with E-state index in [1.807, 2.05) is 44.2 Å². The summed E-state index contributed by atoms with van der Waals surface area (Å²) in [5.41, 5.74) is 0.864. The third kappa shape index (κ3) is 9.71. The quantitative estimate of drug-likeness (QED) is 0.405. The molecule has 0 aliphatic heterocycles. The highest BCUT2D eigenvalue weighted by molar-refractivity contribution is 5.85. The van der Waals surface area contributed by atoms with Crippen LogP contribution in [0.1, 0.15) is 77.2 Å². The number of benzene rings is 1. The fourth-order valence-corrected chi connectivity index (χ4v) is 4.19. The van der Waals surface area contributed by atoms with Crippen LogP contribution in [0, 0.1) is 0 Å². The molecule has 3 N–H and O–H groups in total. The van der Waals surface area contributed by atoms with Gasteiger partial charge in [-0.25, -0.2) is 4.79 Å². The van der Waals surface area contributed by atoms with Gasteiger partial charge in [0.1, 0.15) is 13.2 Å². The van der Waals surface area contributed by atoms with E-state index in [9.17, 15) is 19.5 Å². The molecule has 0 unspecified atom stereocenters. The number of carbonyl (C=O) groups is 3. The molecule has 1 aliphatic rings. The standard InChI is InChI=1S/C26H41N3O5/c1-3-5-16-22(24(31)25(32)27-21-14-10-7-11-15-21)28-23(30)18-29(17-4-2)26(33)34-19-20-12-8-6-9-13-20/h6,8-9,12-13,21-22,24,31H,3-5,7,10-11,14-19H2,1-2H3,(H,27,32)(H,28,30)/t22-,24-/m0/s1. The number of ether oxygens (including phenoxy) is 1. The van der Waals surface area contributed by atoms with E-state index in [2.05, 4.69) is 10.6 Å². The molecule has 1 aliphatic carbocycles. The largest absolute Gasteiger partial charge is 0.445 e. The molecule has 8 nitrogen and oxygen atoms in total. The van der Waals surface area contributed by atoms with Crippen molar-refractivity contribution in [2.45, 2.75) is 96.4 Å². The van der Waals surface area contributed by atoms with Gasteiger partial charge in [0.25, 0.3) is 5.91 Å². The number of unbranched alkanes of at least 4 members (excludes halogenated alkanes) is 1. The van der Waals surface area contributed by atoms with Crippen molar-refractivity contribution in [3.05, 3.63) is 35.9 Å². The summed E-state index contributed by atoms with van der Waals surface area (Å²) in [6.45, 7) is 4.23. The van der Waals surface area contributed by atoms with Crippen LogP contribution in [0.4, 0.5) is 4.79 Å². The van der Waals surface area contributed by atoms with Gasteiger partial charge < -0.3 is 20.5 Å². The molecule has 0 saturated heterocycles. The van der Waals surface area contributed by atoms with E-state index in [0.717, 1.165) is 44.1 Å². The van der Waals surface area contributed by atoms with E-state index in [4.69, 9.17) is 4.74 Å². The SMILES string of the molecule is CCCC[C@H](NC(=O)CN(CCC)C(=O)OCc1ccccc1)[C@H](O)C(=O)NC1CCCCC1. The van der Waals surface area contributed by atoms with Crippen molar-refractivity contribution in [2.24, 2.45) is 0 Å². The summed E-state index contributed by atoms with van der Waals surface area (Å²) in [5.74, 6) is -0.864. The second kappa shape index (κ2) is 15.3. The van der Waals surface area contributed by atoms with Gasteiger partial charge in [-0.1, -0.05) is 76.3 Å². The number of hydrogen-bond donors (Lipinski definition) is 3. The Bertz CT molecular complexity index is 752. The summed E-state index contributed by atoms with van der Waals surface area (Å²) in [5, 5.41) is 16.4. The zero-order chi connectivity index (χ0) is 24.8. The molecule has 0 radical (unpaired) electrons. The highest BCUT2D eigenvalue weighted by Crippen LogP contribution is 2.18. The molecule has 2 rings (SSSR count). The molecule has 0 aromatic heterocycles. The predicted octanol–water partition coefficient (Wildman–Crippen LogP) is 3.52. The minimum absolute atomic E-state index is 0.0813. The summed E-state index contributed by atoms with van der Waals surface area (Å²) in [6, 6.07) is 8.72. The van der Waals surface area contributed by atoms with Crippen molar-refractivity contribution in [3.63, 3.8) is 0 Å². The molecule has 0 spiro atoms. The monoisotopic (exact) mass is 475 g/mol. The van der Waals surface area contributed by atoms with Crippen molar-refractivity contribution >= 4 is 17.9 Å². The lowest BCUT2D eigenvalue weighted by Gasteiger charge is -2.28. The van der Waals surface area contributed by atoms with E-state index in [1.165, 1.54) is 11.3 Å². The molecule has 34 heavy (non-hydrogen) atoms. The number of amides is 3. The zero-order valence-electron chi connectivity index (χ0n) is 20.6. The zero-order valence-corrected chi connectivity index (χ0v) is 20.6. The summed E-state index contributed by atoms with van der Waals surface area (Å²) in [4.78, 5) is 39.4. The Morgan fingerprint density at radius 1 is 1.09 bits per heavy atom. The molecule has 1 aromatic rings. The van der Waals surface area contributed by atoms with E-state index >= 15 is 0 Å². The fourth-order valence-electron chi connectivity index (χ4n) is 4.19. The third-order valence-corrected chi connectivity index (χ3v) is 6.11. The number of aliphatic hydroxyl groups is 1. The van der Waals surface area contributed by atoms with Crippen LogP contribution < -0.4 is 10.6 Å². The maximum absolute atomic E-state index is 12.8. The van der Waals surface area contributed by atoms with Crippen LogP contribution in [-0.4, -0.2) is 59.2 Å². The first-order chi connectivity index (χ1) is 16.4. The summed E-state index contributed by atoms with van der Waals surface area (Å²) >= 11 is 0. The van der Waals surface area contributed by atoms with Gasteiger partial charge in [0, 0.05) is 12.6 Å². The maximum Gasteiger partial charge on any atom is 0.410 e. The Labute approximate surface area is 203 Å². The molecule has 0 bridgehead atoms. The first-order valence-corrected chi connectivity index (χ1v) is 12.7. The van der Waals surface area contributed by atoms with Crippen molar-refractivity contribution in [2.75, 3.05) is 13.1 Å². The predicted molar refractivity (Wildman–Crippen MR) is 131 cm³/mol. The molecule has 2 atom stereocenters. The van der Waals surface area contributed by atoms with Gasteiger partial charge in [-0.3, -0.25) is 14.5 Å². The van der Waals surface area contributed by atoms with E-state index in [1.54, 1.807) is 0 Å². The normalized spacial score (nSPS) is 15.7. The first-order valence-electron chi connectivity index (χ1n) is 12.7. The second-order valence-corrected chi connectivity index (χ2v) is 9.07. The lowest BCUT2D eigenvalue weighted by Crippen LogP contribution is -2.54. The third-order valence-electron chi connectivity index (χ3n) is 6.11. The van der Waals surface area contributed by atoms with Crippen molar-refractivity contribution in [3.8, 4) is 0 Å².